The number of ether oxygens (including phenoxy) is 2. The molecule has 1 N–H and O–H groups in total. The maximum Gasteiger partial charge on any atom is 0.216 e. The van der Waals surface area contributed by atoms with Crippen molar-refractivity contribution in [3.8, 4) is 11.5 Å². The molecule has 2 aromatic rings. The van der Waals surface area contributed by atoms with E-state index in [2.05, 4.69) is 29.1 Å². The van der Waals surface area contributed by atoms with Crippen LogP contribution in [0.1, 0.15) is 64.8 Å². The first-order valence-electron chi connectivity index (χ1n) is 9.25. The standard InChI is InChI=1S/C19H27ClN4O2S/c1-6-14(7-2)18-22-23-19(27)24(18)21-11-13-9-15(20)17(26-12(4)5)16(10-13)25-8-3/h9-12,14H,6-8H2,1-5H3,(H,23,27)/b21-11-. The average Bonchev–Trinajstić information content (AvgIpc) is 2.98. The lowest BCUT2D eigenvalue weighted by Gasteiger charge is -2.16. The second-order valence-corrected chi connectivity index (χ2v) is 7.18. The van der Waals surface area contributed by atoms with Crippen LogP contribution in [0, 0.1) is 4.77 Å². The molecule has 0 saturated heterocycles. The molecule has 0 aliphatic heterocycles. The number of nitrogens with zero attached hydrogens (tertiary/aromatic N) is 3. The third-order valence-electron chi connectivity index (χ3n) is 4.03. The van der Waals surface area contributed by atoms with E-state index >= 15 is 0 Å². The van der Waals surface area contributed by atoms with E-state index in [0.29, 0.717) is 33.8 Å². The zero-order valence-electron chi connectivity index (χ0n) is 16.5. The predicted octanol–water partition coefficient (Wildman–Crippen LogP) is 5.57. The van der Waals surface area contributed by atoms with Crippen LogP contribution in [-0.2, 0) is 0 Å². The van der Waals surface area contributed by atoms with Crippen LogP contribution < -0.4 is 9.47 Å². The quantitative estimate of drug-likeness (QED) is 0.433. The first kappa shape index (κ1) is 21.4. The van der Waals surface area contributed by atoms with Crippen molar-refractivity contribution in [3.63, 3.8) is 0 Å². The first-order chi connectivity index (χ1) is 12.9. The number of halogens is 1. The van der Waals surface area contributed by atoms with Gasteiger partial charge in [-0.3, -0.25) is 5.10 Å². The summed E-state index contributed by atoms with van der Waals surface area (Å²) in [6.07, 6.45) is 3.62. The molecular formula is C19H27ClN4O2S. The fourth-order valence-electron chi connectivity index (χ4n) is 2.73. The van der Waals surface area contributed by atoms with Gasteiger partial charge in [0.05, 0.1) is 23.9 Å². The van der Waals surface area contributed by atoms with E-state index in [1.165, 1.54) is 0 Å². The fraction of sp³-hybridized carbons (Fsp3) is 0.526. The minimum Gasteiger partial charge on any atom is -0.490 e. The Hall–Kier alpha value is -1.86. The molecule has 1 aromatic heterocycles. The molecule has 0 amide bonds. The Morgan fingerprint density at radius 1 is 1.30 bits per heavy atom. The second kappa shape index (κ2) is 9.90. The maximum atomic E-state index is 6.42. The topological polar surface area (TPSA) is 64.4 Å². The molecule has 8 heteroatoms. The van der Waals surface area contributed by atoms with Crippen LogP contribution in [0.15, 0.2) is 17.2 Å². The van der Waals surface area contributed by atoms with E-state index < -0.39 is 0 Å². The van der Waals surface area contributed by atoms with Gasteiger partial charge in [0, 0.05) is 5.92 Å². The van der Waals surface area contributed by atoms with Gasteiger partial charge in [0.2, 0.25) is 4.77 Å². The van der Waals surface area contributed by atoms with Gasteiger partial charge in [0.1, 0.15) is 0 Å². The van der Waals surface area contributed by atoms with Crippen LogP contribution in [0.2, 0.25) is 5.02 Å². The van der Waals surface area contributed by atoms with E-state index in [9.17, 15) is 0 Å². The number of benzene rings is 1. The highest BCUT2D eigenvalue weighted by molar-refractivity contribution is 7.71. The van der Waals surface area contributed by atoms with Gasteiger partial charge in [-0.15, -0.1) is 0 Å². The fourth-order valence-corrected chi connectivity index (χ4v) is 3.18. The number of nitrogens with one attached hydrogen (secondary N) is 1. The molecule has 2 rings (SSSR count). The summed E-state index contributed by atoms with van der Waals surface area (Å²) >= 11 is 11.7. The molecule has 1 aromatic carbocycles. The van der Waals surface area contributed by atoms with Crippen molar-refractivity contribution in [1.82, 2.24) is 14.9 Å². The van der Waals surface area contributed by atoms with Gasteiger partial charge in [-0.2, -0.15) is 14.9 Å². The molecule has 0 spiro atoms. The largest absolute Gasteiger partial charge is 0.490 e. The molecule has 27 heavy (non-hydrogen) atoms. The van der Waals surface area contributed by atoms with Crippen LogP contribution in [-0.4, -0.2) is 33.8 Å². The van der Waals surface area contributed by atoms with E-state index in [-0.39, 0.29) is 6.10 Å². The summed E-state index contributed by atoms with van der Waals surface area (Å²) in [5.74, 6) is 2.26. The Bertz CT molecular complexity index is 841. The van der Waals surface area contributed by atoms with Crippen LogP contribution in [0.3, 0.4) is 0 Å². The smallest absolute Gasteiger partial charge is 0.216 e. The number of aromatic amines is 1. The Kier molecular flexibility index (Phi) is 7.86. The lowest BCUT2D eigenvalue weighted by atomic mass is 10.0. The maximum absolute atomic E-state index is 6.42. The Morgan fingerprint density at radius 2 is 2.00 bits per heavy atom. The summed E-state index contributed by atoms with van der Waals surface area (Å²) in [6.45, 7) is 10.6. The van der Waals surface area contributed by atoms with Crippen LogP contribution in [0.4, 0.5) is 0 Å². The summed E-state index contributed by atoms with van der Waals surface area (Å²) < 4.78 is 13.6. The summed E-state index contributed by atoms with van der Waals surface area (Å²) in [7, 11) is 0. The molecular weight excluding hydrogens is 384 g/mol. The highest BCUT2D eigenvalue weighted by atomic mass is 35.5. The van der Waals surface area contributed by atoms with Gasteiger partial charge in [0.15, 0.2) is 17.3 Å². The molecule has 1 heterocycles. The van der Waals surface area contributed by atoms with Crippen molar-refractivity contribution in [2.24, 2.45) is 5.10 Å². The van der Waals surface area contributed by atoms with E-state index in [0.717, 1.165) is 24.2 Å². The minimum atomic E-state index is -0.00642. The summed E-state index contributed by atoms with van der Waals surface area (Å²) in [5, 5.41) is 12.2. The number of rotatable bonds is 9. The van der Waals surface area contributed by atoms with Gasteiger partial charge in [-0.1, -0.05) is 25.4 Å². The Balaban J connectivity index is 2.40. The van der Waals surface area contributed by atoms with Crippen molar-refractivity contribution in [2.75, 3.05) is 6.61 Å². The van der Waals surface area contributed by atoms with Gasteiger partial charge < -0.3 is 9.47 Å². The third-order valence-corrected chi connectivity index (χ3v) is 4.58. The normalized spacial score (nSPS) is 11.7. The number of H-pyrrole nitrogens is 1. The summed E-state index contributed by atoms with van der Waals surface area (Å²) in [5.41, 5.74) is 0.790. The van der Waals surface area contributed by atoms with Crippen molar-refractivity contribution in [2.45, 2.75) is 59.5 Å². The first-order valence-corrected chi connectivity index (χ1v) is 10.0. The van der Waals surface area contributed by atoms with Crippen LogP contribution >= 0.6 is 23.8 Å². The van der Waals surface area contributed by atoms with E-state index in [4.69, 9.17) is 33.3 Å². The number of hydrogen-bond acceptors (Lipinski definition) is 5. The molecule has 6 nitrogen and oxygen atoms in total. The molecule has 0 bridgehead atoms. The molecule has 0 fully saturated rings. The van der Waals surface area contributed by atoms with Crippen molar-refractivity contribution in [1.29, 1.82) is 0 Å². The van der Waals surface area contributed by atoms with Crippen LogP contribution in [0.5, 0.6) is 11.5 Å². The van der Waals surface area contributed by atoms with E-state index in [1.54, 1.807) is 17.0 Å². The number of aromatic nitrogens is 3. The Labute approximate surface area is 170 Å². The van der Waals surface area contributed by atoms with Gasteiger partial charge in [-0.05, 0) is 63.5 Å². The van der Waals surface area contributed by atoms with Crippen molar-refractivity contribution in [3.05, 3.63) is 33.3 Å². The highest BCUT2D eigenvalue weighted by Crippen LogP contribution is 2.37. The summed E-state index contributed by atoms with van der Waals surface area (Å²) in [6, 6.07) is 3.66. The highest BCUT2D eigenvalue weighted by Gasteiger charge is 2.16. The van der Waals surface area contributed by atoms with E-state index in [1.807, 2.05) is 26.8 Å². The van der Waals surface area contributed by atoms with Gasteiger partial charge >= 0.3 is 0 Å². The molecule has 148 valence electrons. The SMILES string of the molecule is CCOc1cc(/C=N\n2c(C(CC)CC)n[nH]c2=S)cc(Cl)c1OC(C)C. The molecule has 0 aliphatic rings. The third kappa shape index (κ3) is 5.32. The molecule has 0 saturated carbocycles. The Morgan fingerprint density at radius 3 is 2.59 bits per heavy atom. The number of hydrogen-bond donors (Lipinski definition) is 1. The summed E-state index contributed by atoms with van der Waals surface area (Å²) in [4.78, 5) is 0. The second-order valence-electron chi connectivity index (χ2n) is 6.39. The van der Waals surface area contributed by atoms with Gasteiger partial charge in [-0.25, -0.2) is 0 Å². The predicted molar refractivity (Wildman–Crippen MR) is 112 cm³/mol. The van der Waals surface area contributed by atoms with Gasteiger partial charge in [0.25, 0.3) is 0 Å². The average molecular weight is 411 g/mol. The van der Waals surface area contributed by atoms with Crippen molar-refractivity contribution >= 4 is 30.0 Å². The zero-order chi connectivity index (χ0) is 20.0. The lowest BCUT2D eigenvalue weighted by molar-refractivity contribution is 0.224. The molecule has 0 radical (unpaired) electrons. The molecule has 0 atom stereocenters. The lowest BCUT2D eigenvalue weighted by Crippen LogP contribution is -2.08. The molecule has 0 aliphatic carbocycles. The van der Waals surface area contributed by atoms with Crippen molar-refractivity contribution < 1.29 is 9.47 Å². The zero-order valence-corrected chi connectivity index (χ0v) is 18.0. The molecule has 0 unspecified atom stereocenters. The minimum absolute atomic E-state index is 0.00642. The monoisotopic (exact) mass is 410 g/mol. The van der Waals surface area contributed by atoms with Crippen LogP contribution in [0.25, 0.3) is 0 Å².